The molecule has 1 saturated heterocycles. The maximum absolute atomic E-state index is 14.3. The van der Waals surface area contributed by atoms with Crippen molar-refractivity contribution < 1.29 is 31.1 Å². The lowest BCUT2D eigenvalue weighted by Crippen LogP contribution is -2.56. The normalized spacial score (nSPS) is 16.9. The Morgan fingerprint density at radius 3 is 2.47 bits per heavy atom. The second kappa shape index (κ2) is 14.8. The summed E-state index contributed by atoms with van der Waals surface area (Å²) in [5.74, 6) is 1.15. The molecule has 0 aliphatic carbocycles. The quantitative estimate of drug-likeness (QED) is 0.154. The van der Waals surface area contributed by atoms with Crippen LogP contribution in [0.1, 0.15) is 36.0 Å². The highest BCUT2D eigenvalue weighted by molar-refractivity contribution is 7.93. The number of methoxy groups -OCH3 is 2. The number of alkyl halides is 3. The van der Waals surface area contributed by atoms with Crippen LogP contribution in [0.5, 0.6) is 11.5 Å². The molecule has 262 valence electrons. The van der Waals surface area contributed by atoms with E-state index in [0.717, 1.165) is 28.9 Å². The first-order valence-corrected chi connectivity index (χ1v) is 17.5. The van der Waals surface area contributed by atoms with Gasteiger partial charge in [-0.25, -0.2) is 22.7 Å². The van der Waals surface area contributed by atoms with E-state index in [9.17, 15) is 21.6 Å². The Labute approximate surface area is 290 Å². The first-order valence-electron chi connectivity index (χ1n) is 15.7. The smallest absolute Gasteiger partial charge is 0.416 e. The molecular weight excluding hydrogens is 679 g/mol. The lowest BCUT2D eigenvalue weighted by molar-refractivity contribution is -0.137. The summed E-state index contributed by atoms with van der Waals surface area (Å²) < 4.78 is 80.6. The molecule has 0 N–H and O–H groups in total. The van der Waals surface area contributed by atoms with Gasteiger partial charge in [0.15, 0.2) is 0 Å². The highest BCUT2D eigenvalue weighted by Crippen LogP contribution is 2.38. The van der Waals surface area contributed by atoms with E-state index < -0.39 is 21.8 Å². The minimum Gasteiger partial charge on any atom is -0.497 e. The van der Waals surface area contributed by atoms with E-state index in [1.54, 1.807) is 36.4 Å². The molecule has 0 radical (unpaired) electrons. The third-order valence-electron chi connectivity index (χ3n) is 9.12. The SMILES string of the molecule is COc1ccc(CN(c2ccncn2)S(=O)(=O)c2ccc(N3CCC[C@@](CCc4cccc(C(F)(F)F)c4)(N(C)C)C3)cc2Cl)c(OC)c1. The first kappa shape index (κ1) is 36.2. The van der Waals surface area contributed by atoms with Crippen LogP contribution < -0.4 is 18.7 Å². The van der Waals surface area contributed by atoms with Crippen molar-refractivity contribution in [3.8, 4) is 11.5 Å². The summed E-state index contributed by atoms with van der Waals surface area (Å²) in [5, 5.41) is 0.0447. The van der Waals surface area contributed by atoms with Crippen LogP contribution in [-0.2, 0) is 29.2 Å². The van der Waals surface area contributed by atoms with Crippen molar-refractivity contribution in [1.29, 1.82) is 0 Å². The lowest BCUT2D eigenvalue weighted by Gasteiger charge is -2.48. The van der Waals surface area contributed by atoms with E-state index in [1.165, 1.54) is 51.0 Å². The summed E-state index contributed by atoms with van der Waals surface area (Å²) in [6.45, 7) is 1.20. The second-order valence-electron chi connectivity index (χ2n) is 12.2. The summed E-state index contributed by atoms with van der Waals surface area (Å²) in [6, 6.07) is 17.0. The molecule has 0 amide bonds. The van der Waals surface area contributed by atoms with Crippen LogP contribution in [-0.4, -0.2) is 70.2 Å². The van der Waals surface area contributed by atoms with Crippen molar-refractivity contribution in [1.82, 2.24) is 14.9 Å². The molecule has 1 aromatic heterocycles. The number of hydrogen-bond acceptors (Lipinski definition) is 8. The summed E-state index contributed by atoms with van der Waals surface area (Å²) >= 11 is 6.78. The fourth-order valence-electron chi connectivity index (χ4n) is 6.28. The molecular formula is C35H39ClF3N5O4S. The number of benzene rings is 3. The number of hydrogen-bond donors (Lipinski definition) is 0. The third-order valence-corrected chi connectivity index (χ3v) is 11.3. The van der Waals surface area contributed by atoms with Crippen molar-refractivity contribution in [2.45, 2.75) is 48.8 Å². The van der Waals surface area contributed by atoms with Gasteiger partial charge in [-0.15, -0.1) is 0 Å². The van der Waals surface area contributed by atoms with E-state index in [0.29, 0.717) is 48.6 Å². The molecule has 1 fully saturated rings. The molecule has 14 heteroatoms. The Kier molecular flexibility index (Phi) is 10.9. The van der Waals surface area contributed by atoms with Gasteiger partial charge in [-0.3, -0.25) is 0 Å². The van der Waals surface area contributed by atoms with E-state index >= 15 is 0 Å². The molecule has 0 bridgehead atoms. The van der Waals surface area contributed by atoms with Gasteiger partial charge in [0.05, 0.1) is 31.4 Å². The standard InChI is InChI=1S/C35H39ClF3N5O4S/c1-42(2)34(16-13-25-7-5-8-27(19-25)35(37,38)39)15-6-18-43(23-34)28-10-12-32(30(36)20-28)49(45,46)44(33-14-17-40-24-41-33)22-26-9-11-29(47-3)21-31(26)48-4/h5,7-12,14,17,19-21,24H,6,13,15-16,18,22-23H2,1-4H3/t34-/m0/s1. The largest absolute Gasteiger partial charge is 0.497 e. The van der Waals surface area contributed by atoms with Crippen molar-refractivity contribution in [2.24, 2.45) is 0 Å². The maximum Gasteiger partial charge on any atom is 0.416 e. The van der Waals surface area contributed by atoms with Crippen molar-refractivity contribution in [3.05, 3.63) is 101 Å². The number of anilines is 2. The number of sulfonamides is 1. The van der Waals surface area contributed by atoms with Gasteiger partial charge in [0.2, 0.25) is 0 Å². The monoisotopic (exact) mass is 717 g/mol. The number of rotatable bonds is 12. The summed E-state index contributed by atoms with van der Waals surface area (Å²) in [7, 11) is 2.75. The zero-order valence-electron chi connectivity index (χ0n) is 27.7. The fourth-order valence-corrected chi connectivity index (χ4v) is 8.19. The van der Waals surface area contributed by atoms with Gasteiger partial charge in [-0.2, -0.15) is 13.2 Å². The summed E-state index contributed by atoms with van der Waals surface area (Å²) in [4.78, 5) is 12.4. The third kappa shape index (κ3) is 8.05. The number of likely N-dealkylation sites (N-methyl/N-ethyl adjacent to an activating group) is 1. The lowest BCUT2D eigenvalue weighted by atomic mass is 9.82. The molecule has 4 aromatic rings. The number of halogens is 4. The van der Waals surface area contributed by atoms with E-state index in [4.69, 9.17) is 21.1 Å². The molecule has 49 heavy (non-hydrogen) atoms. The van der Waals surface area contributed by atoms with Gasteiger partial charge >= 0.3 is 6.18 Å². The highest BCUT2D eigenvalue weighted by atomic mass is 35.5. The number of ether oxygens (including phenoxy) is 2. The maximum atomic E-state index is 14.3. The molecule has 3 aromatic carbocycles. The van der Waals surface area contributed by atoms with Gasteiger partial charge in [0.25, 0.3) is 10.0 Å². The Bertz CT molecular complexity index is 1860. The number of nitrogens with zero attached hydrogens (tertiary/aromatic N) is 5. The predicted octanol–water partition coefficient (Wildman–Crippen LogP) is 7.09. The predicted molar refractivity (Wildman–Crippen MR) is 184 cm³/mol. The van der Waals surface area contributed by atoms with Crippen LogP contribution in [0, 0.1) is 0 Å². The van der Waals surface area contributed by atoms with Gasteiger partial charge in [0.1, 0.15) is 28.5 Å². The molecule has 1 aliphatic heterocycles. The van der Waals surface area contributed by atoms with Crippen molar-refractivity contribution in [2.75, 3.05) is 50.6 Å². The van der Waals surface area contributed by atoms with Gasteiger partial charge in [0, 0.05) is 48.2 Å². The molecule has 0 unspecified atom stereocenters. The number of aromatic nitrogens is 2. The van der Waals surface area contributed by atoms with Crippen LogP contribution in [0.4, 0.5) is 24.7 Å². The molecule has 9 nitrogen and oxygen atoms in total. The molecule has 1 atom stereocenters. The van der Waals surface area contributed by atoms with E-state index in [-0.39, 0.29) is 27.8 Å². The number of aryl methyl sites for hydroxylation is 1. The minimum atomic E-state index is -4.40. The summed E-state index contributed by atoms with van der Waals surface area (Å²) in [5.41, 5.74) is 0.980. The van der Waals surface area contributed by atoms with E-state index in [2.05, 4.69) is 19.8 Å². The van der Waals surface area contributed by atoms with Crippen LogP contribution in [0.25, 0.3) is 0 Å². The van der Waals surface area contributed by atoms with Crippen LogP contribution in [0.2, 0.25) is 5.02 Å². The Morgan fingerprint density at radius 1 is 1.02 bits per heavy atom. The molecule has 0 spiro atoms. The Hall–Kier alpha value is -4.07. The van der Waals surface area contributed by atoms with Crippen LogP contribution in [0.15, 0.2) is 84.1 Å². The van der Waals surface area contributed by atoms with Crippen molar-refractivity contribution >= 4 is 33.1 Å². The molecule has 0 saturated carbocycles. The average Bonchev–Trinajstić information content (AvgIpc) is 3.09. The van der Waals surface area contributed by atoms with Crippen LogP contribution in [0.3, 0.4) is 0 Å². The second-order valence-corrected chi connectivity index (χ2v) is 14.5. The molecule has 5 rings (SSSR count). The molecule has 2 heterocycles. The zero-order valence-corrected chi connectivity index (χ0v) is 29.3. The van der Waals surface area contributed by atoms with Gasteiger partial charge < -0.3 is 19.3 Å². The summed E-state index contributed by atoms with van der Waals surface area (Å²) in [6.07, 6.45) is 1.15. The zero-order chi connectivity index (χ0) is 35.4. The van der Waals surface area contributed by atoms with Gasteiger partial charge in [-0.1, -0.05) is 29.8 Å². The average molecular weight is 718 g/mol. The topological polar surface area (TPSA) is 88.1 Å². The Morgan fingerprint density at radius 2 is 1.82 bits per heavy atom. The van der Waals surface area contributed by atoms with Gasteiger partial charge in [-0.05, 0) is 81.7 Å². The van der Waals surface area contributed by atoms with Crippen LogP contribution >= 0.6 is 11.6 Å². The van der Waals surface area contributed by atoms with E-state index in [1.807, 2.05) is 14.1 Å². The van der Waals surface area contributed by atoms with Crippen molar-refractivity contribution in [3.63, 3.8) is 0 Å². The fraction of sp³-hybridized carbons (Fsp3) is 0.371. The number of piperidine rings is 1. The molecule has 1 aliphatic rings. The minimum absolute atomic E-state index is 0.0447. The Balaban J connectivity index is 1.41. The first-order chi connectivity index (χ1) is 23.3. The highest BCUT2D eigenvalue weighted by Gasteiger charge is 2.38.